The van der Waals surface area contributed by atoms with Gasteiger partial charge >= 0.3 is 0 Å². The third-order valence-electron chi connectivity index (χ3n) is 2.57. The summed E-state index contributed by atoms with van der Waals surface area (Å²) in [4.78, 5) is 8.46. The number of aromatic nitrogens is 2. The lowest BCUT2D eigenvalue weighted by Crippen LogP contribution is -1.94. The highest BCUT2D eigenvalue weighted by atomic mass is 14.8. The second-order valence-electron chi connectivity index (χ2n) is 3.79. The fraction of sp³-hybridized carbons (Fsp3) is 0.231. The summed E-state index contributed by atoms with van der Waals surface area (Å²) >= 11 is 0. The Hall–Kier alpha value is -1.70. The van der Waals surface area contributed by atoms with E-state index in [0.717, 1.165) is 17.0 Å². The molecule has 76 valence electrons. The Bertz CT molecular complexity index is 452. The van der Waals surface area contributed by atoms with Crippen LogP contribution in [0.5, 0.6) is 0 Å². The quantitative estimate of drug-likeness (QED) is 0.703. The predicted molar refractivity (Wildman–Crippen MR) is 61.7 cm³/mol. The van der Waals surface area contributed by atoms with E-state index >= 15 is 0 Å². The summed E-state index contributed by atoms with van der Waals surface area (Å²) < 4.78 is 0. The molecule has 0 aliphatic rings. The monoisotopic (exact) mass is 198 g/mol. The predicted octanol–water partition coefficient (Wildman–Crippen LogP) is 3.07. The van der Waals surface area contributed by atoms with E-state index in [9.17, 15) is 0 Å². The van der Waals surface area contributed by atoms with E-state index in [0.29, 0.717) is 0 Å². The van der Waals surface area contributed by atoms with Crippen LogP contribution in [0.2, 0.25) is 0 Å². The van der Waals surface area contributed by atoms with Crippen LogP contribution in [0.4, 0.5) is 0 Å². The van der Waals surface area contributed by atoms with Gasteiger partial charge in [-0.1, -0.05) is 29.8 Å². The largest absolute Gasteiger partial charge is 0.241 e. The van der Waals surface area contributed by atoms with Crippen LogP contribution in [0.3, 0.4) is 0 Å². The maximum atomic E-state index is 4.23. The molecule has 0 unspecified atom stereocenters. The first kappa shape index (κ1) is 9.84. The molecule has 2 heteroatoms. The number of aryl methyl sites for hydroxylation is 3. The molecular formula is C13H14N2. The molecule has 2 aromatic rings. The highest BCUT2D eigenvalue weighted by Gasteiger charge is 2.06. The van der Waals surface area contributed by atoms with Gasteiger partial charge in [-0.05, 0) is 26.3 Å². The van der Waals surface area contributed by atoms with Crippen LogP contribution in [0, 0.1) is 20.8 Å². The first-order chi connectivity index (χ1) is 7.18. The minimum absolute atomic E-state index is 1.03. The summed E-state index contributed by atoms with van der Waals surface area (Å²) in [6.45, 7) is 6.12. The fourth-order valence-electron chi connectivity index (χ4n) is 1.73. The van der Waals surface area contributed by atoms with Crippen LogP contribution in [0.15, 0.2) is 30.6 Å². The molecular weight excluding hydrogens is 184 g/mol. The van der Waals surface area contributed by atoms with Gasteiger partial charge < -0.3 is 0 Å². The summed E-state index contributed by atoms with van der Waals surface area (Å²) in [5.41, 5.74) is 5.68. The Morgan fingerprint density at radius 2 is 1.33 bits per heavy atom. The Morgan fingerprint density at radius 3 is 1.87 bits per heavy atom. The van der Waals surface area contributed by atoms with E-state index in [1.54, 1.807) is 6.33 Å². The zero-order valence-corrected chi connectivity index (χ0v) is 9.28. The first-order valence-corrected chi connectivity index (χ1v) is 5.03. The van der Waals surface area contributed by atoms with Crippen LogP contribution < -0.4 is 0 Å². The molecule has 0 aliphatic carbocycles. The van der Waals surface area contributed by atoms with Crippen molar-refractivity contribution >= 4 is 0 Å². The first-order valence-electron chi connectivity index (χ1n) is 5.03. The van der Waals surface area contributed by atoms with Crippen LogP contribution in [0.25, 0.3) is 11.1 Å². The van der Waals surface area contributed by atoms with Gasteiger partial charge in [0, 0.05) is 17.0 Å². The number of nitrogens with zero attached hydrogens (tertiary/aromatic N) is 2. The molecule has 0 fully saturated rings. The molecule has 15 heavy (non-hydrogen) atoms. The normalized spacial score (nSPS) is 10.3. The number of benzene rings is 1. The Labute approximate surface area is 90.0 Å². The lowest BCUT2D eigenvalue weighted by Gasteiger charge is -2.07. The van der Waals surface area contributed by atoms with Gasteiger partial charge in [0.15, 0.2) is 0 Å². The molecule has 0 radical (unpaired) electrons. The molecule has 0 amide bonds. The van der Waals surface area contributed by atoms with Crippen molar-refractivity contribution in [3.63, 3.8) is 0 Å². The highest BCUT2D eigenvalue weighted by molar-refractivity contribution is 5.67. The van der Waals surface area contributed by atoms with Crippen LogP contribution in [-0.4, -0.2) is 9.97 Å². The van der Waals surface area contributed by atoms with Gasteiger partial charge in [0.1, 0.15) is 6.33 Å². The molecule has 2 nitrogen and oxygen atoms in total. The van der Waals surface area contributed by atoms with Crippen LogP contribution in [0.1, 0.15) is 17.0 Å². The standard InChI is InChI=1S/C13H14N2/c1-9-4-6-12(7-5-9)13-10(2)14-8-15-11(13)3/h4-8H,1-3H3. The molecule has 0 saturated carbocycles. The summed E-state index contributed by atoms with van der Waals surface area (Å²) in [6, 6.07) is 8.46. The molecule has 0 atom stereocenters. The Balaban J connectivity index is 2.58. The maximum absolute atomic E-state index is 4.23. The molecule has 1 aromatic heterocycles. The molecule has 1 heterocycles. The van der Waals surface area contributed by atoms with E-state index in [2.05, 4.69) is 41.2 Å². The molecule has 0 spiro atoms. The smallest absolute Gasteiger partial charge is 0.115 e. The SMILES string of the molecule is Cc1ccc(-c2c(C)ncnc2C)cc1. The second kappa shape index (κ2) is 3.81. The molecule has 0 aliphatic heterocycles. The van der Waals surface area contributed by atoms with Gasteiger partial charge in [-0.15, -0.1) is 0 Å². The summed E-state index contributed by atoms with van der Waals surface area (Å²) in [5, 5.41) is 0. The van der Waals surface area contributed by atoms with Gasteiger partial charge in [0.25, 0.3) is 0 Å². The van der Waals surface area contributed by atoms with E-state index in [4.69, 9.17) is 0 Å². The van der Waals surface area contributed by atoms with E-state index in [-0.39, 0.29) is 0 Å². The summed E-state index contributed by atoms with van der Waals surface area (Å²) in [5.74, 6) is 0. The van der Waals surface area contributed by atoms with Crippen LogP contribution >= 0.6 is 0 Å². The molecule has 0 N–H and O–H groups in total. The molecule has 0 saturated heterocycles. The fourth-order valence-corrected chi connectivity index (χ4v) is 1.73. The van der Waals surface area contributed by atoms with Crippen molar-refractivity contribution in [1.82, 2.24) is 9.97 Å². The average Bonchev–Trinajstić information content (AvgIpc) is 2.20. The van der Waals surface area contributed by atoms with Crippen molar-refractivity contribution in [2.75, 3.05) is 0 Å². The molecule has 1 aromatic carbocycles. The van der Waals surface area contributed by atoms with Gasteiger partial charge in [0.05, 0.1) is 0 Å². The van der Waals surface area contributed by atoms with Gasteiger partial charge in [-0.25, -0.2) is 9.97 Å². The summed E-state index contributed by atoms with van der Waals surface area (Å²) in [7, 11) is 0. The lowest BCUT2D eigenvalue weighted by atomic mass is 10.0. The van der Waals surface area contributed by atoms with Gasteiger partial charge in [0.2, 0.25) is 0 Å². The van der Waals surface area contributed by atoms with Crippen molar-refractivity contribution in [2.24, 2.45) is 0 Å². The van der Waals surface area contributed by atoms with Gasteiger partial charge in [-0.2, -0.15) is 0 Å². The lowest BCUT2D eigenvalue weighted by molar-refractivity contribution is 1.06. The third kappa shape index (κ3) is 1.89. The number of rotatable bonds is 1. The average molecular weight is 198 g/mol. The zero-order chi connectivity index (χ0) is 10.8. The van der Waals surface area contributed by atoms with E-state index < -0.39 is 0 Å². The van der Waals surface area contributed by atoms with Crippen molar-refractivity contribution < 1.29 is 0 Å². The van der Waals surface area contributed by atoms with Crippen molar-refractivity contribution in [1.29, 1.82) is 0 Å². The second-order valence-corrected chi connectivity index (χ2v) is 3.79. The molecule has 2 rings (SSSR count). The minimum Gasteiger partial charge on any atom is -0.241 e. The number of hydrogen-bond donors (Lipinski definition) is 0. The maximum Gasteiger partial charge on any atom is 0.115 e. The van der Waals surface area contributed by atoms with E-state index in [1.807, 2.05) is 13.8 Å². The minimum atomic E-state index is 1.03. The topological polar surface area (TPSA) is 25.8 Å². The summed E-state index contributed by atoms with van der Waals surface area (Å²) in [6.07, 6.45) is 1.61. The molecule has 0 bridgehead atoms. The van der Waals surface area contributed by atoms with Crippen molar-refractivity contribution in [2.45, 2.75) is 20.8 Å². The number of hydrogen-bond acceptors (Lipinski definition) is 2. The van der Waals surface area contributed by atoms with Crippen molar-refractivity contribution in [3.05, 3.63) is 47.5 Å². The van der Waals surface area contributed by atoms with E-state index in [1.165, 1.54) is 11.1 Å². The van der Waals surface area contributed by atoms with Crippen LogP contribution in [-0.2, 0) is 0 Å². The van der Waals surface area contributed by atoms with Gasteiger partial charge in [-0.3, -0.25) is 0 Å². The highest BCUT2D eigenvalue weighted by Crippen LogP contribution is 2.24. The van der Waals surface area contributed by atoms with Crippen molar-refractivity contribution in [3.8, 4) is 11.1 Å². The third-order valence-corrected chi connectivity index (χ3v) is 2.57. The Kier molecular flexibility index (Phi) is 2.50. The zero-order valence-electron chi connectivity index (χ0n) is 9.28. The Morgan fingerprint density at radius 1 is 0.800 bits per heavy atom.